The van der Waals surface area contributed by atoms with Crippen molar-refractivity contribution in [1.82, 2.24) is 0 Å². The lowest BCUT2D eigenvalue weighted by atomic mass is 10.1. The molecule has 0 radical (unpaired) electrons. The number of rotatable bonds is 4. The van der Waals surface area contributed by atoms with E-state index >= 15 is 0 Å². The highest BCUT2D eigenvalue weighted by atomic mass is 35.5. The third-order valence-electron chi connectivity index (χ3n) is 2.99. The summed E-state index contributed by atoms with van der Waals surface area (Å²) in [5.41, 5.74) is 5.64. The first-order valence-corrected chi connectivity index (χ1v) is 7.95. The molecule has 0 spiro atoms. The first-order valence-electron chi connectivity index (χ1n) is 6.42. The third kappa shape index (κ3) is 4.03. The van der Waals surface area contributed by atoms with Gasteiger partial charge in [-0.05, 0) is 37.1 Å². The van der Waals surface area contributed by atoms with Crippen LogP contribution in [0.3, 0.4) is 0 Å². The Bertz CT molecular complexity index is 638. The van der Waals surface area contributed by atoms with Gasteiger partial charge in [0.15, 0.2) is 0 Å². The Labute approximate surface area is 129 Å². The maximum atomic E-state index is 8.82. The van der Waals surface area contributed by atoms with Gasteiger partial charge in [0.2, 0.25) is 0 Å². The Kier molecular flexibility index (Phi) is 5.11. The van der Waals surface area contributed by atoms with Crippen LogP contribution in [0.15, 0.2) is 36.4 Å². The quantitative estimate of drug-likeness (QED) is 0.769. The summed E-state index contributed by atoms with van der Waals surface area (Å²) in [7, 11) is 0. The van der Waals surface area contributed by atoms with Gasteiger partial charge in [0.25, 0.3) is 0 Å². The summed E-state index contributed by atoms with van der Waals surface area (Å²) < 4.78 is 0. The zero-order valence-corrected chi connectivity index (χ0v) is 13.2. The molecular weight excluding hydrogens is 286 g/mol. The molecule has 2 rings (SSSR count). The van der Waals surface area contributed by atoms with Gasteiger partial charge in [-0.25, -0.2) is 0 Å². The van der Waals surface area contributed by atoms with Gasteiger partial charge in [-0.1, -0.05) is 47.0 Å². The van der Waals surface area contributed by atoms with E-state index in [-0.39, 0.29) is 0 Å². The van der Waals surface area contributed by atoms with E-state index < -0.39 is 0 Å². The van der Waals surface area contributed by atoms with E-state index in [1.807, 2.05) is 23.9 Å². The molecule has 0 atom stereocenters. The van der Waals surface area contributed by atoms with Crippen LogP contribution in [0.4, 0.5) is 0 Å². The van der Waals surface area contributed by atoms with Gasteiger partial charge >= 0.3 is 0 Å². The monoisotopic (exact) mass is 301 g/mol. The van der Waals surface area contributed by atoms with Gasteiger partial charge < -0.3 is 0 Å². The zero-order valence-electron chi connectivity index (χ0n) is 11.6. The molecule has 2 aromatic carbocycles. The highest BCUT2D eigenvalue weighted by Gasteiger charge is 2.03. The van der Waals surface area contributed by atoms with E-state index in [4.69, 9.17) is 16.9 Å². The number of thioether (sulfide) groups is 1. The molecule has 102 valence electrons. The second-order valence-electron chi connectivity index (χ2n) is 4.91. The highest BCUT2D eigenvalue weighted by molar-refractivity contribution is 7.97. The molecule has 0 aliphatic heterocycles. The molecule has 0 heterocycles. The fourth-order valence-corrected chi connectivity index (χ4v) is 3.47. The average Bonchev–Trinajstić information content (AvgIpc) is 2.39. The van der Waals surface area contributed by atoms with E-state index in [1.165, 1.54) is 16.7 Å². The number of hydrogen-bond donors (Lipinski definition) is 0. The number of hydrogen-bond acceptors (Lipinski definition) is 2. The Balaban J connectivity index is 1.98. The molecule has 0 saturated heterocycles. The zero-order chi connectivity index (χ0) is 14.5. The molecule has 2 aromatic rings. The summed E-state index contributed by atoms with van der Waals surface area (Å²) >= 11 is 8.01. The fraction of sp³-hybridized carbons (Fsp3) is 0.235. The van der Waals surface area contributed by atoms with Gasteiger partial charge in [-0.15, -0.1) is 0 Å². The minimum Gasteiger partial charge on any atom is -0.192 e. The standard InChI is InChI=1S/C17H16ClNS/c1-12-5-13(2)7-15(6-12)10-20-11-16-4-3-14(9-19)8-17(16)18/h3-8H,10-11H2,1-2H3. The summed E-state index contributed by atoms with van der Waals surface area (Å²) in [5.74, 6) is 1.83. The molecule has 0 aromatic heterocycles. The second kappa shape index (κ2) is 6.83. The van der Waals surface area contributed by atoms with Crippen LogP contribution in [0.2, 0.25) is 5.02 Å². The Morgan fingerprint density at radius 2 is 1.75 bits per heavy atom. The van der Waals surface area contributed by atoms with Crippen molar-refractivity contribution < 1.29 is 0 Å². The van der Waals surface area contributed by atoms with Crippen LogP contribution < -0.4 is 0 Å². The maximum absolute atomic E-state index is 8.82. The molecule has 20 heavy (non-hydrogen) atoms. The largest absolute Gasteiger partial charge is 0.192 e. The van der Waals surface area contributed by atoms with Crippen LogP contribution in [-0.2, 0) is 11.5 Å². The lowest BCUT2D eigenvalue weighted by molar-refractivity contribution is 1.29. The Morgan fingerprint density at radius 1 is 1.05 bits per heavy atom. The number of benzene rings is 2. The Morgan fingerprint density at radius 3 is 2.35 bits per heavy atom. The molecule has 0 aliphatic carbocycles. The molecule has 3 heteroatoms. The van der Waals surface area contributed by atoms with E-state index in [0.717, 1.165) is 17.1 Å². The normalized spacial score (nSPS) is 10.3. The van der Waals surface area contributed by atoms with Crippen molar-refractivity contribution in [1.29, 1.82) is 5.26 Å². The fourth-order valence-electron chi connectivity index (χ4n) is 2.17. The van der Waals surface area contributed by atoms with Crippen LogP contribution in [0.25, 0.3) is 0 Å². The predicted molar refractivity (Wildman–Crippen MR) is 87.1 cm³/mol. The molecule has 0 aliphatic rings. The molecule has 0 bridgehead atoms. The summed E-state index contributed by atoms with van der Waals surface area (Å²) in [6, 6.07) is 14.2. The number of aryl methyl sites for hydroxylation is 2. The number of nitrogens with zero attached hydrogens (tertiary/aromatic N) is 1. The highest BCUT2D eigenvalue weighted by Crippen LogP contribution is 2.25. The predicted octanol–water partition coefficient (Wildman–Crippen LogP) is 5.26. The van der Waals surface area contributed by atoms with E-state index in [0.29, 0.717) is 10.6 Å². The van der Waals surface area contributed by atoms with Crippen LogP contribution in [0.1, 0.15) is 27.8 Å². The molecule has 0 unspecified atom stereocenters. The van der Waals surface area contributed by atoms with E-state index in [9.17, 15) is 0 Å². The van der Waals surface area contributed by atoms with Crippen LogP contribution >= 0.6 is 23.4 Å². The first-order chi connectivity index (χ1) is 9.58. The summed E-state index contributed by atoms with van der Waals surface area (Å²) in [6.45, 7) is 4.25. The van der Waals surface area contributed by atoms with Crippen molar-refractivity contribution in [2.24, 2.45) is 0 Å². The minimum absolute atomic E-state index is 0.609. The molecule has 0 N–H and O–H groups in total. The first kappa shape index (κ1) is 15.0. The molecule has 0 fully saturated rings. The SMILES string of the molecule is Cc1cc(C)cc(CSCc2ccc(C#N)cc2Cl)c1. The summed E-state index contributed by atoms with van der Waals surface area (Å²) in [5, 5.41) is 9.49. The number of halogens is 1. The smallest absolute Gasteiger partial charge is 0.0992 e. The van der Waals surface area contributed by atoms with E-state index in [1.54, 1.807) is 6.07 Å². The lowest BCUT2D eigenvalue weighted by Crippen LogP contribution is -1.88. The van der Waals surface area contributed by atoms with Gasteiger partial charge in [0, 0.05) is 16.5 Å². The van der Waals surface area contributed by atoms with Gasteiger partial charge in [-0.3, -0.25) is 0 Å². The number of nitriles is 1. The lowest BCUT2D eigenvalue weighted by Gasteiger charge is -2.07. The van der Waals surface area contributed by atoms with Crippen molar-refractivity contribution in [2.45, 2.75) is 25.4 Å². The molecule has 0 amide bonds. The molecule has 0 saturated carbocycles. The van der Waals surface area contributed by atoms with Crippen molar-refractivity contribution in [3.8, 4) is 6.07 Å². The topological polar surface area (TPSA) is 23.8 Å². The van der Waals surface area contributed by atoms with Crippen molar-refractivity contribution in [3.05, 3.63) is 69.2 Å². The van der Waals surface area contributed by atoms with Gasteiger partial charge in [0.05, 0.1) is 11.6 Å². The van der Waals surface area contributed by atoms with Gasteiger partial charge in [0.1, 0.15) is 0 Å². The molecular formula is C17H16ClNS. The Hall–Kier alpha value is -1.43. The van der Waals surface area contributed by atoms with Crippen LogP contribution in [0.5, 0.6) is 0 Å². The van der Waals surface area contributed by atoms with Gasteiger partial charge in [-0.2, -0.15) is 17.0 Å². The van der Waals surface area contributed by atoms with Crippen molar-refractivity contribution in [3.63, 3.8) is 0 Å². The van der Waals surface area contributed by atoms with Crippen molar-refractivity contribution in [2.75, 3.05) is 0 Å². The average molecular weight is 302 g/mol. The maximum Gasteiger partial charge on any atom is 0.0992 e. The minimum atomic E-state index is 0.609. The second-order valence-corrected chi connectivity index (χ2v) is 6.30. The molecule has 1 nitrogen and oxygen atoms in total. The summed E-state index contributed by atoms with van der Waals surface area (Å²) in [6.07, 6.45) is 0. The van der Waals surface area contributed by atoms with Crippen LogP contribution in [-0.4, -0.2) is 0 Å². The van der Waals surface area contributed by atoms with Crippen LogP contribution in [0, 0.1) is 25.2 Å². The van der Waals surface area contributed by atoms with Crippen molar-refractivity contribution >= 4 is 23.4 Å². The summed E-state index contributed by atoms with van der Waals surface area (Å²) in [4.78, 5) is 0. The third-order valence-corrected chi connectivity index (χ3v) is 4.39. The van der Waals surface area contributed by atoms with E-state index in [2.05, 4.69) is 38.1 Å².